The Labute approximate surface area is 209 Å². The number of hydrazine groups is 1. The standard InChI is InChI=1S/C24H21BrCl2N4O2/c1-22(2)23(3)8-9-24(22,21(33)31-30-20(32)12-4-6-13(25)7-5-12)19-18(23)28-16-10-14(26)15(27)11-17(16)29-19/h4-7,10-11H,8-9H2,1-3H3,(H,30,32)(H,31,33). The van der Waals surface area contributed by atoms with Gasteiger partial charge >= 0.3 is 0 Å². The van der Waals surface area contributed by atoms with Crippen molar-refractivity contribution in [3.05, 3.63) is 67.9 Å². The van der Waals surface area contributed by atoms with Gasteiger partial charge in [-0.25, -0.2) is 9.97 Å². The summed E-state index contributed by atoms with van der Waals surface area (Å²) in [6.45, 7) is 6.28. The lowest BCUT2D eigenvalue weighted by Gasteiger charge is -2.39. The van der Waals surface area contributed by atoms with Gasteiger partial charge in [-0.15, -0.1) is 0 Å². The molecule has 9 heteroatoms. The minimum atomic E-state index is -0.947. The number of halogens is 3. The van der Waals surface area contributed by atoms with E-state index in [9.17, 15) is 9.59 Å². The van der Waals surface area contributed by atoms with E-state index in [2.05, 4.69) is 47.6 Å². The van der Waals surface area contributed by atoms with Gasteiger partial charge in [-0.1, -0.05) is 59.9 Å². The largest absolute Gasteiger partial charge is 0.272 e. The minimum Gasteiger partial charge on any atom is -0.272 e. The van der Waals surface area contributed by atoms with Crippen LogP contribution >= 0.6 is 39.1 Å². The number of benzene rings is 2. The summed E-state index contributed by atoms with van der Waals surface area (Å²) in [5, 5.41) is 0.793. The minimum absolute atomic E-state index is 0.297. The highest BCUT2D eigenvalue weighted by atomic mass is 79.9. The number of amides is 2. The summed E-state index contributed by atoms with van der Waals surface area (Å²) < 4.78 is 0.865. The Morgan fingerprint density at radius 3 is 2.09 bits per heavy atom. The first-order valence-corrected chi connectivity index (χ1v) is 12.1. The molecule has 0 radical (unpaired) electrons. The predicted molar refractivity (Wildman–Crippen MR) is 131 cm³/mol. The van der Waals surface area contributed by atoms with Crippen LogP contribution < -0.4 is 10.9 Å². The molecule has 2 unspecified atom stereocenters. The fourth-order valence-corrected chi connectivity index (χ4v) is 6.07. The highest BCUT2D eigenvalue weighted by Crippen LogP contribution is 2.70. The number of nitrogens with one attached hydrogen (secondary N) is 2. The zero-order valence-corrected chi connectivity index (χ0v) is 21.3. The van der Waals surface area contributed by atoms with Crippen LogP contribution in [0.15, 0.2) is 40.9 Å². The van der Waals surface area contributed by atoms with Gasteiger partial charge in [0.25, 0.3) is 11.8 Å². The van der Waals surface area contributed by atoms with Crippen LogP contribution in [0.4, 0.5) is 0 Å². The lowest BCUT2D eigenvalue weighted by molar-refractivity contribution is -0.131. The van der Waals surface area contributed by atoms with Crippen LogP contribution in [-0.4, -0.2) is 21.8 Å². The molecule has 170 valence electrons. The van der Waals surface area contributed by atoms with Crippen molar-refractivity contribution >= 4 is 62.0 Å². The van der Waals surface area contributed by atoms with E-state index in [1.54, 1.807) is 36.4 Å². The molecule has 1 saturated carbocycles. The SMILES string of the molecule is CC12CCC(C(=O)NNC(=O)c3ccc(Br)cc3)(c3nc4cc(Cl)c(Cl)cc4nc31)C2(C)C. The molecule has 2 aromatic carbocycles. The van der Waals surface area contributed by atoms with Crippen molar-refractivity contribution in [1.29, 1.82) is 0 Å². The topological polar surface area (TPSA) is 84.0 Å². The molecule has 0 aliphatic heterocycles. The fourth-order valence-electron chi connectivity index (χ4n) is 5.49. The number of aromatic nitrogens is 2. The molecule has 1 heterocycles. The average molecular weight is 548 g/mol. The lowest BCUT2D eigenvalue weighted by Crippen LogP contribution is -2.55. The third-order valence-corrected chi connectivity index (χ3v) is 9.11. The maximum absolute atomic E-state index is 13.7. The van der Waals surface area contributed by atoms with Crippen LogP contribution in [0.3, 0.4) is 0 Å². The zero-order chi connectivity index (χ0) is 23.8. The van der Waals surface area contributed by atoms with Crippen molar-refractivity contribution in [1.82, 2.24) is 20.8 Å². The van der Waals surface area contributed by atoms with Crippen LogP contribution in [-0.2, 0) is 15.6 Å². The number of hydrogen-bond donors (Lipinski definition) is 2. The van der Waals surface area contributed by atoms with Crippen molar-refractivity contribution in [3.63, 3.8) is 0 Å². The van der Waals surface area contributed by atoms with Crippen LogP contribution in [0.25, 0.3) is 11.0 Å². The predicted octanol–water partition coefficient (Wildman–Crippen LogP) is 5.49. The monoisotopic (exact) mass is 546 g/mol. The third-order valence-electron chi connectivity index (χ3n) is 7.86. The van der Waals surface area contributed by atoms with Crippen molar-refractivity contribution in [2.24, 2.45) is 5.41 Å². The van der Waals surface area contributed by atoms with Gasteiger partial charge in [0.15, 0.2) is 0 Å². The number of fused-ring (bicyclic) bond motifs is 6. The van der Waals surface area contributed by atoms with Gasteiger partial charge in [-0.3, -0.25) is 20.4 Å². The van der Waals surface area contributed by atoms with Crippen LogP contribution in [0, 0.1) is 5.41 Å². The van der Waals surface area contributed by atoms with E-state index in [0.29, 0.717) is 38.8 Å². The summed E-state index contributed by atoms with van der Waals surface area (Å²) >= 11 is 15.8. The second kappa shape index (κ2) is 7.39. The van der Waals surface area contributed by atoms with Crippen LogP contribution in [0.2, 0.25) is 10.0 Å². The summed E-state index contributed by atoms with van der Waals surface area (Å²) in [6.07, 6.45) is 1.38. The molecule has 6 nitrogen and oxygen atoms in total. The van der Waals surface area contributed by atoms with Crippen molar-refractivity contribution in [2.45, 2.75) is 44.4 Å². The number of rotatable bonds is 2. The molecular formula is C24H21BrCl2N4O2. The fraction of sp³-hybridized carbons (Fsp3) is 0.333. The highest BCUT2D eigenvalue weighted by molar-refractivity contribution is 9.10. The Kier molecular flexibility index (Phi) is 5.05. The summed E-state index contributed by atoms with van der Waals surface area (Å²) in [5.41, 5.74) is 6.56. The second-order valence-electron chi connectivity index (χ2n) is 9.45. The molecule has 0 saturated heterocycles. The first-order valence-electron chi connectivity index (χ1n) is 10.6. The smallest absolute Gasteiger partial charge is 0.269 e. The maximum Gasteiger partial charge on any atom is 0.269 e. The molecule has 1 aromatic heterocycles. The molecule has 2 atom stereocenters. The second-order valence-corrected chi connectivity index (χ2v) is 11.2. The van der Waals surface area contributed by atoms with Gasteiger partial charge in [0.1, 0.15) is 5.41 Å². The molecule has 5 rings (SSSR count). The van der Waals surface area contributed by atoms with Gasteiger partial charge in [0.05, 0.1) is 32.5 Å². The first-order chi connectivity index (χ1) is 15.5. The van der Waals surface area contributed by atoms with E-state index in [1.807, 2.05) is 0 Å². The van der Waals surface area contributed by atoms with Crippen LogP contribution in [0.5, 0.6) is 0 Å². The van der Waals surface area contributed by atoms with E-state index >= 15 is 0 Å². The number of nitrogens with zero attached hydrogens (tertiary/aromatic N) is 2. The molecule has 3 aromatic rings. The van der Waals surface area contributed by atoms with Crippen molar-refractivity contribution in [3.8, 4) is 0 Å². The van der Waals surface area contributed by atoms with Crippen LogP contribution in [0.1, 0.15) is 55.4 Å². The van der Waals surface area contributed by atoms with Crippen molar-refractivity contribution < 1.29 is 9.59 Å². The first kappa shape index (κ1) is 22.6. The molecule has 2 aliphatic carbocycles. The number of carbonyl (C=O) groups is 2. The third kappa shape index (κ3) is 2.98. The molecule has 2 N–H and O–H groups in total. The Morgan fingerprint density at radius 1 is 0.909 bits per heavy atom. The summed E-state index contributed by atoms with van der Waals surface area (Å²) in [4.78, 5) is 36.1. The average Bonchev–Trinajstić information content (AvgIpc) is 3.07. The summed E-state index contributed by atoms with van der Waals surface area (Å²) in [7, 11) is 0. The number of carbonyl (C=O) groups excluding carboxylic acids is 2. The van der Waals surface area contributed by atoms with Gasteiger partial charge in [-0.2, -0.15) is 0 Å². The molecule has 0 spiro atoms. The zero-order valence-electron chi connectivity index (χ0n) is 18.2. The van der Waals surface area contributed by atoms with Gasteiger partial charge in [0, 0.05) is 15.5 Å². The molecule has 2 bridgehead atoms. The molecular weight excluding hydrogens is 527 g/mol. The van der Waals surface area contributed by atoms with E-state index in [1.165, 1.54) is 0 Å². The highest BCUT2D eigenvalue weighted by Gasteiger charge is 2.73. The van der Waals surface area contributed by atoms with E-state index in [-0.39, 0.29) is 11.3 Å². The van der Waals surface area contributed by atoms with Crippen molar-refractivity contribution in [2.75, 3.05) is 0 Å². The number of hydrogen-bond acceptors (Lipinski definition) is 4. The Balaban J connectivity index is 1.55. The van der Waals surface area contributed by atoms with E-state index < -0.39 is 16.7 Å². The van der Waals surface area contributed by atoms with E-state index in [4.69, 9.17) is 33.2 Å². The van der Waals surface area contributed by atoms with Gasteiger partial charge < -0.3 is 0 Å². The summed E-state index contributed by atoms with van der Waals surface area (Å²) in [5.74, 6) is -0.691. The summed E-state index contributed by atoms with van der Waals surface area (Å²) in [6, 6.07) is 10.3. The molecule has 2 amide bonds. The Bertz CT molecular complexity index is 1340. The Hall–Kier alpha value is -2.22. The quantitative estimate of drug-likeness (QED) is 0.415. The van der Waals surface area contributed by atoms with E-state index in [0.717, 1.165) is 16.6 Å². The normalized spacial score (nSPS) is 24.5. The Morgan fingerprint density at radius 2 is 1.48 bits per heavy atom. The molecule has 2 aliphatic rings. The lowest BCUT2D eigenvalue weighted by atomic mass is 9.63. The maximum atomic E-state index is 13.7. The molecule has 1 fully saturated rings. The van der Waals surface area contributed by atoms with Gasteiger partial charge in [-0.05, 0) is 54.7 Å². The molecule has 33 heavy (non-hydrogen) atoms. The van der Waals surface area contributed by atoms with Gasteiger partial charge in [0.2, 0.25) is 0 Å².